The molecule has 0 bridgehead atoms. The van der Waals surface area contributed by atoms with Crippen LogP contribution in [0.4, 0.5) is 5.82 Å². The third kappa shape index (κ3) is 1.82. The summed E-state index contributed by atoms with van der Waals surface area (Å²) in [6.45, 7) is 5.97. The Hall–Kier alpha value is -0.800. The van der Waals surface area contributed by atoms with E-state index in [1.165, 1.54) is 0 Å². The molecule has 1 aromatic heterocycles. The predicted molar refractivity (Wildman–Crippen MR) is 63.2 cm³/mol. The Morgan fingerprint density at radius 3 is 2.73 bits per heavy atom. The largest absolute Gasteiger partial charge is 0.352 e. The first-order valence-corrected chi connectivity index (χ1v) is 5.55. The van der Waals surface area contributed by atoms with Crippen LogP contribution in [-0.4, -0.2) is 23.6 Å². The zero-order valence-corrected chi connectivity index (χ0v) is 9.83. The molecule has 0 saturated carbocycles. The van der Waals surface area contributed by atoms with Gasteiger partial charge >= 0.3 is 0 Å². The van der Waals surface area contributed by atoms with Crippen LogP contribution in [0.2, 0.25) is 5.02 Å². The third-order valence-electron chi connectivity index (χ3n) is 3.16. The van der Waals surface area contributed by atoms with Gasteiger partial charge in [0, 0.05) is 19.3 Å². The third-order valence-corrected chi connectivity index (χ3v) is 3.45. The Morgan fingerprint density at radius 1 is 1.53 bits per heavy atom. The molecule has 0 amide bonds. The summed E-state index contributed by atoms with van der Waals surface area (Å²) in [5, 5.41) is 0.698. The number of hydrogen-bond acceptors (Lipinski definition) is 3. The summed E-state index contributed by atoms with van der Waals surface area (Å²) in [7, 11) is 0. The van der Waals surface area contributed by atoms with Crippen molar-refractivity contribution in [3.63, 3.8) is 0 Å². The fourth-order valence-corrected chi connectivity index (χ4v) is 2.03. The van der Waals surface area contributed by atoms with Crippen LogP contribution in [0.25, 0.3) is 0 Å². The zero-order chi connectivity index (χ0) is 11.1. The molecule has 0 spiro atoms. The van der Waals surface area contributed by atoms with E-state index in [9.17, 15) is 0 Å². The van der Waals surface area contributed by atoms with E-state index < -0.39 is 0 Å². The highest BCUT2D eigenvalue weighted by Crippen LogP contribution is 2.33. The maximum atomic E-state index is 6.21. The van der Waals surface area contributed by atoms with E-state index in [4.69, 9.17) is 17.3 Å². The molecule has 2 rings (SSSR count). The Bertz CT molecular complexity index is 359. The van der Waals surface area contributed by atoms with E-state index in [1.54, 1.807) is 6.20 Å². The van der Waals surface area contributed by atoms with Crippen LogP contribution in [0.5, 0.6) is 0 Å². The summed E-state index contributed by atoms with van der Waals surface area (Å²) in [6, 6.07) is 3.69. The van der Waals surface area contributed by atoms with Gasteiger partial charge in [0.15, 0.2) is 0 Å². The van der Waals surface area contributed by atoms with Gasteiger partial charge < -0.3 is 10.6 Å². The van der Waals surface area contributed by atoms with E-state index in [0.717, 1.165) is 18.9 Å². The second-order valence-corrected chi connectivity index (χ2v) is 4.96. The molecule has 0 radical (unpaired) electrons. The number of nitrogens with two attached hydrogens (primary N) is 1. The van der Waals surface area contributed by atoms with Crippen LogP contribution in [0.3, 0.4) is 0 Å². The average Bonchev–Trinajstić information content (AvgIpc) is 2.14. The number of halogens is 1. The molecule has 1 aliphatic heterocycles. The van der Waals surface area contributed by atoms with Gasteiger partial charge in [-0.05, 0) is 18.1 Å². The number of rotatable bonds is 2. The van der Waals surface area contributed by atoms with Gasteiger partial charge in [0.1, 0.15) is 5.82 Å². The first kappa shape index (κ1) is 10.7. The molecule has 4 heteroatoms. The van der Waals surface area contributed by atoms with E-state index in [1.807, 2.05) is 12.1 Å². The van der Waals surface area contributed by atoms with Gasteiger partial charge in [0.25, 0.3) is 0 Å². The Kier molecular flexibility index (Phi) is 2.61. The molecule has 2 heterocycles. The summed E-state index contributed by atoms with van der Waals surface area (Å²) < 4.78 is 0. The van der Waals surface area contributed by atoms with Crippen LogP contribution in [-0.2, 0) is 0 Å². The van der Waals surface area contributed by atoms with Crippen molar-refractivity contribution in [2.45, 2.75) is 19.4 Å². The molecule has 0 aliphatic carbocycles. The second-order valence-electron chi connectivity index (χ2n) is 4.55. The molecule has 0 atom stereocenters. The van der Waals surface area contributed by atoms with E-state index in [2.05, 4.69) is 23.7 Å². The van der Waals surface area contributed by atoms with Gasteiger partial charge in [-0.3, -0.25) is 0 Å². The molecule has 1 aromatic rings. The van der Waals surface area contributed by atoms with Gasteiger partial charge in [-0.1, -0.05) is 25.4 Å². The summed E-state index contributed by atoms with van der Waals surface area (Å²) in [6.07, 6.45) is 1.76. The first-order chi connectivity index (χ1) is 7.03. The van der Waals surface area contributed by atoms with Gasteiger partial charge in [-0.25, -0.2) is 4.98 Å². The van der Waals surface area contributed by atoms with Crippen molar-refractivity contribution in [2.75, 3.05) is 18.0 Å². The normalized spacial score (nSPS) is 19.1. The minimum Gasteiger partial charge on any atom is -0.352 e. The second kappa shape index (κ2) is 3.65. The summed E-state index contributed by atoms with van der Waals surface area (Å²) in [5.41, 5.74) is 6.13. The van der Waals surface area contributed by atoms with Gasteiger partial charge in [0.2, 0.25) is 0 Å². The SMILES string of the molecule is CC(C)C1(N)CN(c2ncccc2Cl)C1. The zero-order valence-electron chi connectivity index (χ0n) is 9.07. The molecular formula is C11H16ClN3. The number of aromatic nitrogens is 1. The summed E-state index contributed by atoms with van der Waals surface area (Å²) >= 11 is 6.06. The Balaban J connectivity index is 2.10. The molecule has 15 heavy (non-hydrogen) atoms. The minimum atomic E-state index is -0.0825. The number of pyridine rings is 1. The quantitative estimate of drug-likeness (QED) is 0.836. The first-order valence-electron chi connectivity index (χ1n) is 5.17. The molecule has 2 N–H and O–H groups in total. The monoisotopic (exact) mass is 225 g/mol. The summed E-state index contributed by atoms with van der Waals surface area (Å²) in [4.78, 5) is 6.39. The number of anilines is 1. The number of nitrogens with zero attached hydrogens (tertiary/aromatic N) is 2. The topological polar surface area (TPSA) is 42.1 Å². The number of hydrogen-bond donors (Lipinski definition) is 1. The Morgan fingerprint density at radius 2 is 2.20 bits per heavy atom. The maximum absolute atomic E-state index is 6.21. The predicted octanol–water partition coefficient (Wildman–Crippen LogP) is 1.91. The van der Waals surface area contributed by atoms with Crippen molar-refractivity contribution >= 4 is 17.4 Å². The molecular weight excluding hydrogens is 210 g/mol. The molecule has 3 nitrogen and oxygen atoms in total. The van der Waals surface area contributed by atoms with Gasteiger partial charge in [-0.2, -0.15) is 0 Å². The molecule has 1 aliphatic rings. The fourth-order valence-electron chi connectivity index (χ4n) is 1.79. The van der Waals surface area contributed by atoms with E-state index in [0.29, 0.717) is 10.9 Å². The van der Waals surface area contributed by atoms with E-state index >= 15 is 0 Å². The van der Waals surface area contributed by atoms with Crippen molar-refractivity contribution in [1.82, 2.24) is 4.98 Å². The molecule has 0 aromatic carbocycles. The lowest BCUT2D eigenvalue weighted by Crippen LogP contribution is -2.70. The molecule has 82 valence electrons. The lowest BCUT2D eigenvalue weighted by Gasteiger charge is -2.51. The lowest BCUT2D eigenvalue weighted by atomic mass is 9.80. The Labute approximate surface area is 95.2 Å². The van der Waals surface area contributed by atoms with Crippen molar-refractivity contribution < 1.29 is 0 Å². The molecule has 1 saturated heterocycles. The smallest absolute Gasteiger partial charge is 0.147 e. The van der Waals surface area contributed by atoms with E-state index in [-0.39, 0.29) is 5.54 Å². The van der Waals surface area contributed by atoms with Crippen LogP contribution >= 0.6 is 11.6 Å². The highest BCUT2D eigenvalue weighted by atomic mass is 35.5. The van der Waals surface area contributed by atoms with Crippen molar-refractivity contribution in [3.8, 4) is 0 Å². The highest BCUT2D eigenvalue weighted by molar-refractivity contribution is 6.32. The van der Waals surface area contributed by atoms with Crippen molar-refractivity contribution in [1.29, 1.82) is 0 Å². The van der Waals surface area contributed by atoms with Crippen molar-refractivity contribution in [3.05, 3.63) is 23.4 Å². The van der Waals surface area contributed by atoms with Crippen LogP contribution in [0, 0.1) is 5.92 Å². The van der Waals surface area contributed by atoms with Crippen LogP contribution in [0.15, 0.2) is 18.3 Å². The van der Waals surface area contributed by atoms with Gasteiger partial charge in [0.05, 0.1) is 10.6 Å². The van der Waals surface area contributed by atoms with Gasteiger partial charge in [-0.15, -0.1) is 0 Å². The minimum absolute atomic E-state index is 0.0825. The van der Waals surface area contributed by atoms with Crippen LogP contribution in [0.1, 0.15) is 13.8 Å². The highest BCUT2D eigenvalue weighted by Gasteiger charge is 2.42. The molecule has 0 unspecified atom stereocenters. The van der Waals surface area contributed by atoms with Crippen molar-refractivity contribution in [2.24, 2.45) is 11.7 Å². The van der Waals surface area contributed by atoms with Crippen LogP contribution < -0.4 is 10.6 Å². The standard InChI is InChI=1S/C11H16ClN3/c1-8(2)11(13)6-15(7-11)10-9(12)4-3-5-14-10/h3-5,8H,6-7,13H2,1-2H3. The lowest BCUT2D eigenvalue weighted by molar-refractivity contribution is 0.243. The summed E-state index contributed by atoms with van der Waals surface area (Å²) in [5.74, 6) is 1.33. The average molecular weight is 226 g/mol. The maximum Gasteiger partial charge on any atom is 0.147 e. The fraction of sp³-hybridized carbons (Fsp3) is 0.545. The molecule has 1 fully saturated rings.